The van der Waals surface area contributed by atoms with E-state index in [0.717, 1.165) is 12.2 Å². The van der Waals surface area contributed by atoms with Gasteiger partial charge in [-0.3, -0.25) is 0 Å². The molecule has 1 rings (SSSR count). The Bertz CT molecular complexity index is 329. The zero-order valence-electron chi connectivity index (χ0n) is 9.57. The van der Waals surface area contributed by atoms with Crippen molar-refractivity contribution in [1.29, 1.82) is 0 Å². The van der Waals surface area contributed by atoms with Gasteiger partial charge in [0, 0.05) is 24.4 Å². The number of hydrogen-bond donors (Lipinski definition) is 1. The number of benzene rings is 1. The number of rotatable bonds is 6. The summed E-state index contributed by atoms with van der Waals surface area (Å²) in [6.07, 6.45) is 0.231. The number of ether oxygens (including phenoxy) is 1. The molecule has 0 radical (unpaired) electrons. The van der Waals surface area contributed by atoms with Crippen LogP contribution < -0.4 is 0 Å². The van der Waals surface area contributed by atoms with Crippen molar-refractivity contribution >= 4 is 11.8 Å². The third kappa shape index (κ3) is 3.77. The van der Waals surface area contributed by atoms with E-state index in [9.17, 15) is 9.50 Å². The van der Waals surface area contributed by atoms with E-state index < -0.39 is 6.10 Å². The van der Waals surface area contributed by atoms with Crippen LogP contribution in [0.3, 0.4) is 0 Å². The zero-order valence-corrected chi connectivity index (χ0v) is 10.4. The van der Waals surface area contributed by atoms with E-state index in [0.29, 0.717) is 17.1 Å². The Balaban J connectivity index is 2.69. The molecule has 0 heterocycles. The van der Waals surface area contributed by atoms with Gasteiger partial charge in [0.1, 0.15) is 5.82 Å². The fourth-order valence-corrected chi connectivity index (χ4v) is 2.46. The van der Waals surface area contributed by atoms with Crippen LogP contribution in [0.5, 0.6) is 0 Å². The summed E-state index contributed by atoms with van der Waals surface area (Å²) >= 11 is 1.43. The average molecular weight is 244 g/mol. The largest absolute Gasteiger partial charge is 0.389 e. The van der Waals surface area contributed by atoms with Crippen molar-refractivity contribution in [2.45, 2.75) is 24.3 Å². The highest BCUT2D eigenvalue weighted by Crippen LogP contribution is 2.30. The van der Waals surface area contributed by atoms with E-state index in [1.807, 2.05) is 0 Å². The van der Waals surface area contributed by atoms with E-state index in [4.69, 9.17) is 4.74 Å². The van der Waals surface area contributed by atoms with E-state index in [1.54, 1.807) is 26.2 Å². The van der Waals surface area contributed by atoms with Crippen LogP contribution >= 0.6 is 11.8 Å². The van der Waals surface area contributed by atoms with Crippen molar-refractivity contribution in [3.05, 3.63) is 29.6 Å². The topological polar surface area (TPSA) is 29.5 Å². The maximum absolute atomic E-state index is 13.6. The van der Waals surface area contributed by atoms with Crippen LogP contribution in [0.1, 0.15) is 25.0 Å². The molecule has 0 bridgehead atoms. The normalized spacial score (nSPS) is 12.8. The van der Waals surface area contributed by atoms with Crippen LogP contribution in [0.25, 0.3) is 0 Å². The van der Waals surface area contributed by atoms with Crippen LogP contribution in [0, 0.1) is 5.82 Å². The van der Waals surface area contributed by atoms with E-state index in [2.05, 4.69) is 0 Å². The Morgan fingerprint density at radius 3 is 2.88 bits per heavy atom. The molecular weight excluding hydrogens is 227 g/mol. The monoisotopic (exact) mass is 244 g/mol. The molecule has 2 nitrogen and oxygen atoms in total. The number of methoxy groups -OCH3 is 1. The third-order valence-corrected chi connectivity index (χ3v) is 3.40. The number of thioether (sulfide) groups is 1. The highest BCUT2D eigenvalue weighted by molar-refractivity contribution is 7.99. The molecule has 0 unspecified atom stereocenters. The van der Waals surface area contributed by atoms with Crippen LogP contribution in [0.15, 0.2) is 23.1 Å². The molecule has 90 valence electrons. The van der Waals surface area contributed by atoms with Crippen molar-refractivity contribution < 1.29 is 14.2 Å². The molecule has 16 heavy (non-hydrogen) atoms. The van der Waals surface area contributed by atoms with Gasteiger partial charge in [-0.15, -0.1) is 11.8 Å². The maximum Gasteiger partial charge on any atom is 0.137 e. The van der Waals surface area contributed by atoms with Gasteiger partial charge in [-0.1, -0.05) is 12.1 Å². The molecule has 0 amide bonds. The minimum Gasteiger partial charge on any atom is -0.389 e. The first-order valence-electron chi connectivity index (χ1n) is 5.25. The SMILES string of the molecule is COCCCSc1c(F)cccc1[C@H](C)O. The highest BCUT2D eigenvalue weighted by atomic mass is 32.2. The van der Waals surface area contributed by atoms with Gasteiger partial charge in [0.25, 0.3) is 0 Å². The Morgan fingerprint density at radius 2 is 2.25 bits per heavy atom. The minimum absolute atomic E-state index is 0.263. The first-order chi connectivity index (χ1) is 7.66. The summed E-state index contributed by atoms with van der Waals surface area (Å²) in [4.78, 5) is 0.550. The standard InChI is InChI=1S/C12H17FO2S/c1-9(14)10-5-3-6-11(13)12(10)16-8-4-7-15-2/h3,5-6,9,14H,4,7-8H2,1-2H3/t9-/m0/s1. The molecule has 1 atom stereocenters. The predicted octanol–water partition coefficient (Wildman–Crippen LogP) is 3.01. The molecule has 0 saturated carbocycles. The zero-order chi connectivity index (χ0) is 12.0. The van der Waals surface area contributed by atoms with E-state index >= 15 is 0 Å². The van der Waals surface area contributed by atoms with Crippen LogP contribution in [-0.4, -0.2) is 24.6 Å². The number of hydrogen-bond acceptors (Lipinski definition) is 3. The Hall–Kier alpha value is -0.580. The summed E-state index contributed by atoms with van der Waals surface area (Å²) in [6.45, 7) is 2.32. The lowest BCUT2D eigenvalue weighted by atomic mass is 10.1. The van der Waals surface area contributed by atoms with Crippen LogP contribution in [0.4, 0.5) is 4.39 Å². The molecule has 1 aromatic rings. The summed E-state index contributed by atoms with van der Waals surface area (Å²) in [5.74, 6) is 0.523. The second-order valence-electron chi connectivity index (χ2n) is 3.53. The summed E-state index contributed by atoms with van der Waals surface area (Å²) in [7, 11) is 1.65. The van der Waals surface area contributed by atoms with Crippen molar-refractivity contribution in [3.63, 3.8) is 0 Å². The van der Waals surface area contributed by atoms with Gasteiger partial charge in [0.15, 0.2) is 0 Å². The molecule has 0 aliphatic heterocycles. The number of aliphatic hydroxyl groups is 1. The van der Waals surface area contributed by atoms with E-state index in [1.165, 1.54) is 17.8 Å². The molecule has 1 N–H and O–H groups in total. The first-order valence-corrected chi connectivity index (χ1v) is 6.23. The van der Waals surface area contributed by atoms with Crippen molar-refractivity contribution in [3.8, 4) is 0 Å². The average Bonchev–Trinajstić information content (AvgIpc) is 2.25. The molecule has 0 spiro atoms. The van der Waals surface area contributed by atoms with Gasteiger partial charge >= 0.3 is 0 Å². The van der Waals surface area contributed by atoms with Gasteiger partial charge in [0.05, 0.1) is 6.10 Å². The second-order valence-corrected chi connectivity index (χ2v) is 4.63. The molecule has 0 aromatic heterocycles. The lowest BCUT2D eigenvalue weighted by Gasteiger charge is -2.12. The van der Waals surface area contributed by atoms with Crippen molar-refractivity contribution in [1.82, 2.24) is 0 Å². The summed E-state index contributed by atoms with van der Waals surface area (Å²) in [5.41, 5.74) is 0.655. The minimum atomic E-state index is -0.638. The summed E-state index contributed by atoms with van der Waals surface area (Å²) in [6, 6.07) is 4.80. The molecule has 1 aromatic carbocycles. The molecule has 0 saturated heterocycles. The number of halogens is 1. The van der Waals surface area contributed by atoms with Gasteiger partial charge in [-0.05, 0) is 25.0 Å². The van der Waals surface area contributed by atoms with Crippen LogP contribution in [0.2, 0.25) is 0 Å². The van der Waals surface area contributed by atoms with Gasteiger partial charge in [0.2, 0.25) is 0 Å². The Morgan fingerprint density at radius 1 is 1.50 bits per heavy atom. The van der Waals surface area contributed by atoms with Crippen molar-refractivity contribution in [2.75, 3.05) is 19.5 Å². The van der Waals surface area contributed by atoms with E-state index in [-0.39, 0.29) is 5.82 Å². The predicted molar refractivity (Wildman–Crippen MR) is 64.3 cm³/mol. The molecule has 0 fully saturated rings. The third-order valence-electron chi connectivity index (χ3n) is 2.19. The lowest BCUT2D eigenvalue weighted by Crippen LogP contribution is -1.98. The molecule has 0 aliphatic rings. The number of aliphatic hydroxyl groups excluding tert-OH is 1. The smallest absolute Gasteiger partial charge is 0.137 e. The lowest BCUT2D eigenvalue weighted by molar-refractivity contribution is 0.195. The van der Waals surface area contributed by atoms with Gasteiger partial charge in [-0.25, -0.2) is 4.39 Å². The molecular formula is C12H17FO2S. The van der Waals surface area contributed by atoms with Crippen molar-refractivity contribution in [2.24, 2.45) is 0 Å². The fourth-order valence-electron chi connectivity index (χ4n) is 1.38. The maximum atomic E-state index is 13.6. The molecule has 0 aliphatic carbocycles. The fraction of sp³-hybridized carbons (Fsp3) is 0.500. The summed E-state index contributed by atoms with van der Waals surface area (Å²) in [5, 5.41) is 9.53. The molecule has 4 heteroatoms. The quantitative estimate of drug-likeness (QED) is 0.616. The Labute approximate surface area is 99.8 Å². The highest BCUT2D eigenvalue weighted by Gasteiger charge is 2.12. The first kappa shape index (κ1) is 13.5. The van der Waals surface area contributed by atoms with Gasteiger partial charge in [-0.2, -0.15) is 0 Å². The van der Waals surface area contributed by atoms with Crippen LogP contribution in [-0.2, 0) is 4.74 Å². The van der Waals surface area contributed by atoms with Gasteiger partial charge < -0.3 is 9.84 Å². The summed E-state index contributed by atoms with van der Waals surface area (Å²) < 4.78 is 18.5. The second kappa shape index (κ2) is 6.89. The Kier molecular flexibility index (Phi) is 5.80.